The molecule has 0 atom stereocenters. The summed E-state index contributed by atoms with van der Waals surface area (Å²) in [5, 5.41) is 11.6. The quantitative estimate of drug-likeness (QED) is 0.450. The Morgan fingerprint density at radius 1 is 0.903 bits per heavy atom. The monoisotopic (exact) mass is 454 g/mol. The molecule has 0 saturated carbocycles. The van der Waals surface area contributed by atoms with Crippen molar-refractivity contribution in [3.05, 3.63) is 90.2 Å². The van der Waals surface area contributed by atoms with Crippen molar-refractivity contribution in [1.82, 2.24) is 10.2 Å². The lowest BCUT2D eigenvalue weighted by molar-refractivity contribution is 0.102. The zero-order valence-corrected chi connectivity index (χ0v) is 17.5. The number of carbonyl (C=O) groups is 1. The summed E-state index contributed by atoms with van der Waals surface area (Å²) in [5.74, 6) is -0.997. The van der Waals surface area contributed by atoms with Crippen molar-refractivity contribution >= 4 is 38.1 Å². The van der Waals surface area contributed by atoms with Gasteiger partial charge in [0, 0.05) is 16.8 Å². The summed E-state index contributed by atoms with van der Waals surface area (Å²) in [6, 6.07) is 19.9. The largest absolute Gasteiger partial charge is 0.296 e. The van der Waals surface area contributed by atoms with E-state index in [0.717, 1.165) is 17.7 Å². The van der Waals surface area contributed by atoms with E-state index >= 15 is 0 Å². The van der Waals surface area contributed by atoms with Gasteiger partial charge in [0.25, 0.3) is 15.9 Å². The third-order valence-electron chi connectivity index (χ3n) is 4.17. The highest BCUT2D eigenvalue weighted by atomic mass is 32.2. The molecule has 156 valence electrons. The molecule has 0 unspecified atom stereocenters. The van der Waals surface area contributed by atoms with Crippen LogP contribution in [0.4, 0.5) is 15.2 Å². The Morgan fingerprint density at radius 2 is 1.65 bits per heavy atom. The van der Waals surface area contributed by atoms with E-state index in [4.69, 9.17) is 0 Å². The Labute approximate surface area is 181 Å². The smallest absolute Gasteiger partial charge is 0.261 e. The first kappa shape index (κ1) is 20.6. The molecule has 0 radical (unpaired) electrons. The maximum Gasteiger partial charge on any atom is 0.261 e. The maximum absolute atomic E-state index is 13.0. The van der Waals surface area contributed by atoms with E-state index in [1.807, 2.05) is 30.3 Å². The molecule has 0 bridgehead atoms. The van der Waals surface area contributed by atoms with Crippen molar-refractivity contribution in [3.63, 3.8) is 0 Å². The molecule has 0 aliphatic heterocycles. The number of hydrogen-bond donors (Lipinski definition) is 2. The Morgan fingerprint density at radius 3 is 2.39 bits per heavy atom. The van der Waals surface area contributed by atoms with Crippen LogP contribution in [0.1, 0.15) is 10.4 Å². The molecule has 4 aromatic rings. The number of carbonyl (C=O) groups excluding carboxylic acids is 1. The van der Waals surface area contributed by atoms with E-state index in [0.29, 0.717) is 10.1 Å². The minimum absolute atomic E-state index is 0.105. The van der Waals surface area contributed by atoms with Crippen LogP contribution in [0.2, 0.25) is 0 Å². The van der Waals surface area contributed by atoms with Gasteiger partial charge < -0.3 is 0 Å². The molecule has 0 aliphatic carbocycles. The molecule has 0 spiro atoms. The third-order valence-corrected chi connectivity index (χ3v) is 6.44. The Kier molecular flexibility index (Phi) is 5.74. The average molecular weight is 455 g/mol. The van der Waals surface area contributed by atoms with Gasteiger partial charge in [-0.3, -0.25) is 14.8 Å². The number of anilines is 2. The number of aromatic nitrogens is 2. The first-order chi connectivity index (χ1) is 14.9. The number of hydrogen-bond acceptors (Lipinski definition) is 6. The lowest BCUT2D eigenvalue weighted by Gasteiger charge is -2.09. The minimum Gasteiger partial charge on any atom is -0.296 e. The molecule has 0 aliphatic rings. The van der Waals surface area contributed by atoms with Gasteiger partial charge >= 0.3 is 0 Å². The van der Waals surface area contributed by atoms with Gasteiger partial charge in [0.15, 0.2) is 0 Å². The molecule has 3 aromatic carbocycles. The number of nitrogens with one attached hydrogen (secondary N) is 2. The van der Waals surface area contributed by atoms with Crippen LogP contribution < -0.4 is 10.0 Å². The summed E-state index contributed by atoms with van der Waals surface area (Å²) in [6.07, 6.45) is 0. The number of halogens is 1. The van der Waals surface area contributed by atoms with Crippen molar-refractivity contribution in [1.29, 1.82) is 0 Å². The summed E-state index contributed by atoms with van der Waals surface area (Å²) in [4.78, 5) is 12.5. The fourth-order valence-electron chi connectivity index (χ4n) is 2.68. The molecule has 1 amide bonds. The normalized spacial score (nSPS) is 11.1. The second kappa shape index (κ2) is 8.62. The number of nitrogens with zero attached hydrogens (tertiary/aromatic N) is 2. The van der Waals surface area contributed by atoms with E-state index in [-0.39, 0.29) is 16.1 Å². The second-order valence-electron chi connectivity index (χ2n) is 6.37. The molecule has 2 N–H and O–H groups in total. The molecule has 1 aromatic heterocycles. The Bertz CT molecular complexity index is 1320. The molecule has 10 heteroatoms. The summed E-state index contributed by atoms with van der Waals surface area (Å²) in [7, 11) is -3.96. The van der Waals surface area contributed by atoms with Gasteiger partial charge in [0.1, 0.15) is 10.8 Å². The van der Waals surface area contributed by atoms with Crippen molar-refractivity contribution in [2.75, 3.05) is 10.0 Å². The topological polar surface area (TPSA) is 101 Å². The summed E-state index contributed by atoms with van der Waals surface area (Å²) in [5.41, 5.74) is 1.22. The fraction of sp³-hybridized carbons (Fsp3) is 0. The third kappa shape index (κ3) is 4.93. The van der Waals surface area contributed by atoms with E-state index in [1.165, 1.54) is 47.7 Å². The lowest BCUT2D eigenvalue weighted by atomic mass is 10.2. The van der Waals surface area contributed by atoms with E-state index in [9.17, 15) is 17.6 Å². The molecule has 31 heavy (non-hydrogen) atoms. The second-order valence-corrected chi connectivity index (χ2v) is 9.03. The van der Waals surface area contributed by atoms with Crippen LogP contribution in [0.25, 0.3) is 10.6 Å². The number of benzene rings is 3. The van der Waals surface area contributed by atoms with Gasteiger partial charge in [0.05, 0.1) is 4.90 Å². The summed E-state index contributed by atoms with van der Waals surface area (Å²) < 4.78 is 40.6. The summed E-state index contributed by atoms with van der Waals surface area (Å²) >= 11 is 1.21. The van der Waals surface area contributed by atoms with Crippen molar-refractivity contribution in [2.45, 2.75) is 4.90 Å². The zero-order chi connectivity index (χ0) is 21.8. The van der Waals surface area contributed by atoms with Crippen LogP contribution in [-0.4, -0.2) is 24.5 Å². The first-order valence-corrected chi connectivity index (χ1v) is 11.3. The van der Waals surface area contributed by atoms with Crippen LogP contribution in [0.15, 0.2) is 83.8 Å². The van der Waals surface area contributed by atoms with Crippen LogP contribution in [-0.2, 0) is 10.0 Å². The number of sulfonamides is 1. The zero-order valence-electron chi connectivity index (χ0n) is 15.8. The Balaban J connectivity index is 1.50. The van der Waals surface area contributed by atoms with Gasteiger partial charge in [-0.05, 0) is 42.5 Å². The first-order valence-electron chi connectivity index (χ1n) is 8.99. The van der Waals surface area contributed by atoms with Crippen LogP contribution >= 0.6 is 11.3 Å². The molecule has 1 heterocycles. The van der Waals surface area contributed by atoms with E-state index in [1.54, 1.807) is 0 Å². The molecular weight excluding hydrogens is 439 g/mol. The van der Waals surface area contributed by atoms with Crippen LogP contribution in [0.3, 0.4) is 0 Å². The predicted molar refractivity (Wildman–Crippen MR) is 117 cm³/mol. The van der Waals surface area contributed by atoms with E-state index < -0.39 is 21.7 Å². The SMILES string of the molecule is O=C(Nc1nnc(-c2ccccc2)s1)c1cccc(S(=O)(=O)Nc2ccc(F)cc2)c1. The van der Waals surface area contributed by atoms with Gasteiger partial charge in [0.2, 0.25) is 5.13 Å². The van der Waals surface area contributed by atoms with Crippen molar-refractivity contribution in [3.8, 4) is 10.6 Å². The molecule has 0 fully saturated rings. The number of amides is 1. The molecule has 7 nitrogen and oxygen atoms in total. The highest BCUT2D eigenvalue weighted by Crippen LogP contribution is 2.26. The molecule has 0 saturated heterocycles. The Hall–Kier alpha value is -3.63. The van der Waals surface area contributed by atoms with Gasteiger partial charge in [-0.2, -0.15) is 0 Å². The van der Waals surface area contributed by atoms with Crippen LogP contribution in [0.5, 0.6) is 0 Å². The molecular formula is C21H15FN4O3S2. The van der Waals surface area contributed by atoms with Gasteiger partial charge in [-0.1, -0.05) is 47.7 Å². The van der Waals surface area contributed by atoms with Crippen LogP contribution in [0, 0.1) is 5.82 Å². The fourth-order valence-corrected chi connectivity index (χ4v) is 4.53. The van der Waals surface area contributed by atoms with Crippen molar-refractivity contribution in [2.24, 2.45) is 0 Å². The highest BCUT2D eigenvalue weighted by Gasteiger charge is 2.18. The van der Waals surface area contributed by atoms with Gasteiger partial charge in [-0.15, -0.1) is 10.2 Å². The van der Waals surface area contributed by atoms with Gasteiger partial charge in [-0.25, -0.2) is 12.8 Å². The minimum atomic E-state index is -3.96. The molecule has 4 rings (SSSR count). The highest BCUT2D eigenvalue weighted by molar-refractivity contribution is 7.92. The van der Waals surface area contributed by atoms with E-state index in [2.05, 4.69) is 20.2 Å². The number of rotatable bonds is 6. The predicted octanol–water partition coefficient (Wildman–Crippen LogP) is 4.40. The lowest BCUT2D eigenvalue weighted by Crippen LogP contribution is -2.16. The van der Waals surface area contributed by atoms with Crippen molar-refractivity contribution < 1.29 is 17.6 Å². The standard InChI is InChI=1S/C21H15FN4O3S2/c22-16-9-11-17(12-10-16)26-31(28,29)18-8-4-7-15(13-18)19(27)23-21-25-24-20(30-21)14-5-2-1-3-6-14/h1-13,26H,(H,23,25,27). The summed E-state index contributed by atoms with van der Waals surface area (Å²) in [6.45, 7) is 0. The maximum atomic E-state index is 13.0. The average Bonchev–Trinajstić information content (AvgIpc) is 3.24.